The smallest absolute Gasteiger partial charge is 0.235 e. The van der Waals surface area contributed by atoms with Crippen molar-refractivity contribution in [1.29, 1.82) is 5.26 Å². The summed E-state index contributed by atoms with van der Waals surface area (Å²) >= 11 is 0. The predicted octanol–water partition coefficient (Wildman–Crippen LogP) is 3.07. The minimum atomic E-state index is -3.90. The van der Waals surface area contributed by atoms with Crippen molar-refractivity contribution in [3.05, 3.63) is 58.7 Å². The average Bonchev–Trinajstić information content (AvgIpc) is 3.33. The number of benzene rings is 1. The SMILES string of the molecule is [C-]#[N+]C1=C(C)N=C(C)C(C#N)C1c1ccc2[nH]nc(NS(=O)(=O)CCn3c(O)ccc3O)c2c1. The van der Waals surface area contributed by atoms with Crippen LogP contribution >= 0.6 is 0 Å². The molecule has 4 N–H and O–H groups in total. The van der Waals surface area contributed by atoms with E-state index >= 15 is 0 Å². The Hall–Kier alpha value is -4.29. The van der Waals surface area contributed by atoms with Gasteiger partial charge < -0.3 is 10.2 Å². The fraction of sp³-hybridized carbons (Fsp3) is 0.273. The van der Waals surface area contributed by atoms with Crippen molar-refractivity contribution in [1.82, 2.24) is 14.8 Å². The summed E-state index contributed by atoms with van der Waals surface area (Å²) in [4.78, 5) is 7.97. The molecule has 11 nitrogen and oxygen atoms in total. The lowest BCUT2D eigenvalue weighted by molar-refractivity contribution is 0.374. The molecule has 1 aromatic carbocycles. The fourth-order valence-corrected chi connectivity index (χ4v) is 5.05. The number of fused-ring (bicyclic) bond motifs is 1. The van der Waals surface area contributed by atoms with Crippen molar-refractivity contribution in [2.75, 3.05) is 10.5 Å². The maximum Gasteiger partial charge on any atom is 0.235 e. The van der Waals surface area contributed by atoms with E-state index in [-0.39, 0.29) is 24.1 Å². The van der Waals surface area contributed by atoms with E-state index in [1.54, 1.807) is 32.0 Å². The Balaban J connectivity index is 1.66. The molecular formula is C22H21N7O4S. The number of anilines is 1. The second kappa shape index (κ2) is 8.57. The molecule has 3 heterocycles. The van der Waals surface area contributed by atoms with Crippen LogP contribution in [-0.2, 0) is 16.6 Å². The molecule has 2 aromatic heterocycles. The summed E-state index contributed by atoms with van der Waals surface area (Å²) in [5, 5.41) is 36.5. The van der Waals surface area contributed by atoms with Gasteiger partial charge in [-0.1, -0.05) is 6.07 Å². The van der Waals surface area contributed by atoms with Crippen LogP contribution in [0.2, 0.25) is 0 Å². The van der Waals surface area contributed by atoms with Gasteiger partial charge in [0.25, 0.3) is 0 Å². The molecule has 1 aliphatic rings. The summed E-state index contributed by atoms with van der Waals surface area (Å²) in [6.07, 6.45) is 0. The van der Waals surface area contributed by atoms with E-state index in [4.69, 9.17) is 6.57 Å². The normalized spacial score (nSPS) is 18.4. The van der Waals surface area contributed by atoms with Gasteiger partial charge >= 0.3 is 0 Å². The highest BCUT2D eigenvalue weighted by Gasteiger charge is 2.34. The maximum atomic E-state index is 12.7. The number of aliphatic imine (C=N–C) groups is 1. The number of aromatic nitrogens is 3. The first-order valence-electron chi connectivity index (χ1n) is 10.2. The van der Waals surface area contributed by atoms with Crippen molar-refractivity contribution < 1.29 is 18.6 Å². The predicted molar refractivity (Wildman–Crippen MR) is 126 cm³/mol. The van der Waals surface area contributed by atoms with Crippen LogP contribution in [0.3, 0.4) is 0 Å². The summed E-state index contributed by atoms with van der Waals surface area (Å²) in [7, 11) is -3.90. The van der Waals surface area contributed by atoms with E-state index in [2.05, 4.69) is 30.8 Å². The molecule has 1 aliphatic heterocycles. The lowest BCUT2D eigenvalue weighted by Gasteiger charge is -2.26. The molecule has 0 aliphatic carbocycles. The van der Waals surface area contributed by atoms with E-state index in [0.29, 0.717) is 33.6 Å². The van der Waals surface area contributed by atoms with E-state index in [0.717, 1.165) is 4.57 Å². The number of aromatic hydroxyl groups is 2. The Kier molecular flexibility index (Phi) is 5.77. The Bertz CT molecular complexity index is 1510. The van der Waals surface area contributed by atoms with E-state index < -0.39 is 27.6 Å². The van der Waals surface area contributed by atoms with Crippen LogP contribution in [0.15, 0.2) is 46.7 Å². The number of allylic oxidation sites excluding steroid dienone is 2. The molecule has 0 radical (unpaired) electrons. The van der Waals surface area contributed by atoms with Crippen LogP contribution in [0.5, 0.6) is 11.8 Å². The van der Waals surface area contributed by atoms with Crippen LogP contribution in [0.1, 0.15) is 25.3 Å². The molecule has 0 bridgehead atoms. The van der Waals surface area contributed by atoms with Gasteiger partial charge in [-0.2, -0.15) is 10.4 Å². The van der Waals surface area contributed by atoms with Gasteiger partial charge in [-0.15, -0.1) is 0 Å². The Morgan fingerprint density at radius 2 is 1.97 bits per heavy atom. The number of rotatable bonds is 6. The number of nitriles is 1. The summed E-state index contributed by atoms with van der Waals surface area (Å²) in [5.74, 6) is -2.02. The molecule has 4 rings (SSSR count). The summed E-state index contributed by atoms with van der Waals surface area (Å²) in [6.45, 7) is 10.9. The highest BCUT2D eigenvalue weighted by atomic mass is 32.2. The largest absolute Gasteiger partial charge is 0.494 e. The molecule has 0 spiro atoms. The molecule has 2 unspecified atom stereocenters. The van der Waals surface area contributed by atoms with Crippen LogP contribution in [0, 0.1) is 23.8 Å². The topological polar surface area (TPSA) is 161 Å². The zero-order valence-corrected chi connectivity index (χ0v) is 19.1. The molecule has 0 saturated carbocycles. The molecule has 34 heavy (non-hydrogen) atoms. The third kappa shape index (κ3) is 4.07. The van der Waals surface area contributed by atoms with Gasteiger partial charge in [0.2, 0.25) is 10.0 Å². The Morgan fingerprint density at radius 3 is 2.62 bits per heavy atom. The molecule has 2 atom stereocenters. The van der Waals surface area contributed by atoms with Gasteiger partial charge in [-0.3, -0.25) is 19.4 Å². The van der Waals surface area contributed by atoms with E-state index in [1.807, 2.05) is 0 Å². The first kappa shape index (κ1) is 22.9. The number of sulfonamides is 1. The zero-order chi connectivity index (χ0) is 24.6. The average molecular weight is 480 g/mol. The first-order valence-corrected chi connectivity index (χ1v) is 11.9. The van der Waals surface area contributed by atoms with Gasteiger partial charge in [0.15, 0.2) is 23.3 Å². The lowest BCUT2D eigenvalue weighted by atomic mass is 9.79. The van der Waals surface area contributed by atoms with Crippen molar-refractivity contribution >= 4 is 32.5 Å². The zero-order valence-electron chi connectivity index (χ0n) is 18.3. The molecule has 0 fully saturated rings. The molecule has 174 valence electrons. The van der Waals surface area contributed by atoms with Gasteiger partial charge in [0, 0.05) is 41.4 Å². The van der Waals surface area contributed by atoms with Crippen LogP contribution < -0.4 is 4.72 Å². The number of H-pyrrole nitrogens is 1. The molecule has 0 saturated heterocycles. The monoisotopic (exact) mass is 479 g/mol. The first-order chi connectivity index (χ1) is 16.1. The standard InChI is InChI=1S/C22H21N7O4S/c1-12-16(11-23)20(21(24-3)13(2)25-12)14-4-5-17-15(10-14)22(27-26-17)28-34(32,33)9-8-29-18(30)6-7-19(29)31/h4-7,10,16,20,30-31H,8-9H2,1-2H3,(H2,26,27,28). The van der Waals surface area contributed by atoms with Crippen molar-refractivity contribution in [2.45, 2.75) is 26.3 Å². The highest BCUT2D eigenvalue weighted by Crippen LogP contribution is 2.40. The second-order valence-electron chi connectivity index (χ2n) is 7.92. The van der Waals surface area contributed by atoms with Gasteiger partial charge in [0.05, 0.1) is 29.8 Å². The van der Waals surface area contributed by atoms with Crippen molar-refractivity contribution in [2.24, 2.45) is 10.9 Å². The highest BCUT2D eigenvalue weighted by molar-refractivity contribution is 7.92. The number of aromatic amines is 1. The maximum absolute atomic E-state index is 12.7. The minimum absolute atomic E-state index is 0.0672. The number of hydrogen-bond acceptors (Lipinski definition) is 7. The lowest BCUT2D eigenvalue weighted by Crippen LogP contribution is -2.24. The summed E-state index contributed by atoms with van der Waals surface area (Å²) in [6, 6.07) is 9.97. The third-order valence-corrected chi connectivity index (χ3v) is 6.99. The molecular weight excluding hydrogens is 458 g/mol. The molecule has 3 aromatic rings. The van der Waals surface area contributed by atoms with Crippen LogP contribution in [0.25, 0.3) is 15.7 Å². The number of nitrogens with zero attached hydrogens (tertiary/aromatic N) is 5. The van der Waals surface area contributed by atoms with Crippen LogP contribution in [-0.4, -0.2) is 44.9 Å². The number of nitrogens with one attached hydrogen (secondary N) is 2. The van der Waals surface area contributed by atoms with Gasteiger partial charge in [0.1, 0.15) is 0 Å². The molecule has 12 heteroatoms. The second-order valence-corrected chi connectivity index (χ2v) is 9.76. The van der Waals surface area contributed by atoms with Gasteiger partial charge in [-0.25, -0.2) is 13.3 Å². The quantitative estimate of drug-likeness (QED) is 0.397. The van der Waals surface area contributed by atoms with Gasteiger partial charge in [-0.05, 0) is 31.5 Å². The Morgan fingerprint density at radius 1 is 1.26 bits per heavy atom. The summed E-state index contributed by atoms with van der Waals surface area (Å²) in [5.41, 5.74) is 2.77. The van der Waals surface area contributed by atoms with Crippen LogP contribution in [0.4, 0.5) is 5.82 Å². The number of hydrogen-bond donors (Lipinski definition) is 4. The summed E-state index contributed by atoms with van der Waals surface area (Å²) < 4.78 is 28.9. The minimum Gasteiger partial charge on any atom is -0.494 e. The van der Waals surface area contributed by atoms with E-state index in [1.165, 1.54) is 12.1 Å². The van der Waals surface area contributed by atoms with E-state index in [9.17, 15) is 23.9 Å². The fourth-order valence-electron chi connectivity index (χ4n) is 4.07. The van der Waals surface area contributed by atoms with Crippen molar-refractivity contribution in [3.63, 3.8) is 0 Å². The third-order valence-electron chi connectivity index (χ3n) is 5.77. The van der Waals surface area contributed by atoms with Crippen molar-refractivity contribution in [3.8, 4) is 17.8 Å². The molecule has 0 amide bonds. The Labute approximate surface area is 195 Å².